The summed E-state index contributed by atoms with van der Waals surface area (Å²) in [5.41, 5.74) is 0.858. The zero-order valence-electron chi connectivity index (χ0n) is 17.3. The molecule has 0 fully saturated rings. The third kappa shape index (κ3) is 4.42. The molecule has 0 radical (unpaired) electrons. The Bertz CT molecular complexity index is 1260. The van der Waals surface area contributed by atoms with Crippen LogP contribution < -0.4 is 10.1 Å². The monoisotopic (exact) mass is 442 g/mol. The molecule has 0 bridgehead atoms. The third-order valence-electron chi connectivity index (χ3n) is 4.83. The molecule has 1 amide bonds. The zero-order chi connectivity index (χ0) is 22.2. The summed E-state index contributed by atoms with van der Waals surface area (Å²) in [4.78, 5) is 18.7. The van der Waals surface area contributed by atoms with E-state index >= 15 is 0 Å². The van der Waals surface area contributed by atoms with Crippen LogP contribution in [0.5, 0.6) is 11.5 Å². The maximum Gasteiger partial charge on any atom is 0.253 e. The predicted octanol–water partition coefficient (Wildman–Crippen LogP) is 3.86. The first-order valence-corrected chi connectivity index (χ1v) is 11.6. The number of benzene rings is 2. The molecule has 0 saturated carbocycles. The van der Waals surface area contributed by atoms with Crippen molar-refractivity contribution in [2.45, 2.75) is 24.9 Å². The first kappa shape index (κ1) is 21.0. The summed E-state index contributed by atoms with van der Waals surface area (Å²) in [5, 5.41) is 5.28. The van der Waals surface area contributed by atoms with Gasteiger partial charge in [-0.3, -0.25) is 4.79 Å². The van der Waals surface area contributed by atoms with Crippen molar-refractivity contribution in [3.63, 3.8) is 0 Å². The summed E-state index contributed by atoms with van der Waals surface area (Å²) >= 11 is 0. The number of nitrogens with one attached hydrogen (secondary N) is 1. The molecular weight excluding hydrogens is 420 g/mol. The SMILES string of the molecule is CCN1OC(C)=CC1NC(=O)c1cc(Oc2ccc(S(C)(=O)=O)cc2)c2ccoc2c1. The van der Waals surface area contributed by atoms with Gasteiger partial charge in [0.2, 0.25) is 0 Å². The normalized spacial score (nSPS) is 16.7. The summed E-state index contributed by atoms with van der Waals surface area (Å²) in [5.74, 6) is 1.27. The number of hydrogen-bond donors (Lipinski definition) is 1. The Balaban J connectivity index is 1.61. The van der Waals surface area contributed by atoms with Crippen molar-refractivity contribution in [2.24, 2.45) is 0 Å². The van der Waals surface area contributed by atoms with Crippen LogP contribution >= 0.6 is 0 Å². The lowest BCUT2D eigenvalue weighted by atomic mass is 10.1. The average molecular weight is 442 g/mol. The molecule has 8 nitrogen and oxygen atoms in total. The fourth-order valence-electron chi connectivity index (χ4n) is 3.31. The molecule has 31 heavy (non-hydrogen) atoms. The molecule has 1 atom stereocenters. The van der Waals surface area contributed by atoms with E-state index in [4.69, 9.17) is 14.0 Å². The first-order chi connectivity index (χ1) is 14.7. The number of fused-ring (bicyclic) bond motifs is 1. The average Bonchev–Trinajstić information content (AvgIpc) is 3.33. The van der Waals surface area contributed by atoms with Crippen molar-refractivity contribution in [3.05, 3.63) is 66.1 Å². The zero-order valence-corrected chi connectivity index (χ0v) is 18.1. The Morgan fingerprint density at radius 2 is 1.94 bits per heavy atom. The molecule has 162 valence electrons. The Labute approximate surface area is 179 Å². The van der Waals surface area contributed by atoms with Gasteiger partial charge >= 0.3 is 0 Å². The van der Waals surface area contributed by atoms with Crippen molar-refractivity contribution >= 4 is 26.7 Å². The Hall–Kier alpha value is -3.30. The van der Waals surface area contributed by atoms with E-state index in [1.54, 1.807) is 35.4 Å². The highest BCUT2D eigenvalue weighted by Crippen LogP contribution is 2.33. The van der Waals surface area contributed by atoms with E-state index in [9.17, 15) is 13.2 Å². The molecule has 3 aromatic rings. The molecule has 0 spiro atoms. The van der Waals surface area contributed by atoms with Crippen LogP contribution in [-0.2, 0) is 14.7 Å². The van der Waals surface area contributed by atoms with E-state index in [2.05, 4.69) is 5.32 Å². The lowest BCUT2D eigenvalue weighted by Crippen LogP contribution is -2.43. The standard InChI is InChI=1S/C22H22N2O6S/c1-4-24-21(11-14(2)30-24)23-22(25)15-12-19-18(9-10-28-19)20(13-15)29-16-5-7-17(8-6-16)31(3,26)27/h5-13,21H,4H2,1-3H3,(H,23,25). The Kier molecular flexibility index (Phi) is 5.47. The Morgan fingerprint density at radius 3 is 2.61 bits per heavy atom. The van der Waals surface area contributed by atoms with Crippen molar-refractivity contribution in [3.8, 4) is 11.5 Å². The number of hydrogen-bond acceptors (Lipinski definition) is 7. The number of rotatable bonds is 6. The Morgan fingerprint density at radius 1 is 1.19 bits per heavy atom. The molecule has 1 unspecified atom stereocenters. The van der Waals surface area contributed by atoms with E-state index in [0.29, 0.717) is 34.6 Å². The van der Waals surface area contributed by atoms with Crippen LogP contribution in [0.25, 0.3) is 11.0 Å². The second kappa shape index (κ2) is 8.09. The van der Waals surface area contributed by atoms with Gasteiger partial charge in [-0.1, -0.05) is 0 Å². The van der Waals surface area contributed by atoms with E-state index in [-0.39, 0.29) is 17.0 Å². The molecule has 1 aliphatic rings. The van der Waals surface area contributed by atoms with Crippen molar-refractivity contribution in [1.29, 1.82) is 0 Å². The number of nitrogens with zero attached hydrogens (tertiary/aromatic N) is 1. The van der Waals surface area contributed by atoms with Gasteiger partial charge in [0.1, 0.15) is 29.0 Å². The third-order valence-corrected chi connectivity index (χ3v) is 5.96. The van der Waals surface area contributed by atoms with Gasteiger partial charge in [-0.05, 0) is 62.4 Å². The second-order valence-corrected chi connectivity index (χ2v) is 9.19. The first-order valence-electron chi connectivity index (χ1n) is 9.67. The van der Waals surface area contributed by atoms with Gasteiger partial charge in [-0.25, -0.2) is 8.42 Å². The molecule has 2 heterocycles. The van der Waals surface area contributed by atoms with Gasteiger partial charge < -0.3 is 19.3 Å². The lowest BCUT2D eigenvalue weighted by molar-refractivity contribution is -0.117. The maximum atomic E-state index is 12.9. The highest BCUT2D eigenvalue weighted by Gasteiger charge is 2.26. The van der Waals surface area contributed by atoms with E-state index in [0.717, 1.165) is 12.0 Å². The fraction of sp³-hybridized carbons (Fsp3) is 0.227. The molecule has 4 rings (SSSR count). The number of hydroxylamine groups is 2. The van der Waals surface area contributed by atoms with Gasteiger partial charge in [0.05, 0.1) is 16.5 Å². The maximum absolute atomic E-state index is 12.9. The van der Waals surface area contributed by atoms with Gasteiger partial charge in [-0.15, -0.1) is 5.06 Å². The van der Waals surface area contributed by atoms with Crippen LogP contribution in [-0.4, -0.2) is 38.4 Å². The van der Waals surface area contributed by atoms with Crippen LogP contribution in [0.2, 0.25) is 0 Å². The van der Waals surface area contributed by atoms with Crippen molar-refractivity contribution in [2.75, 3.05) is 12.8 Å². The minimum Gasteiger partial charge on any atom is -0.464 e. The predicted molar refractivity (Wildman–Crippen MR) is 114 cm³/mol. The van der Waals surface area contributed by atoms with Crippen LogP contribution in [0.15, 0.2) is 69.9 Å². The summed E-state index contributed by atoms with van der Waals surface area (Å²) in [6, 6.07) is 11.1. The van der Waals surface area contributed by atoms with Crippen LogP contribution in [0.1, 0.15) is 24.2 Å². The molecule has 0 aliphatic carbocycles. The number of likely N-dealkylation sites (N-methyl/N-ethyl adjacent to an activating group) is 1. The number of furan rings is 1. The molecule has 1 N–H and O–H groups in total. The van der Waals surface area contributed by atoms with Gasteiger partial charge in [-0.2, -0.15) is 0 Å². The van der Waals surface area contributed by atoms with Gasteiger partial charge in [0.25, 0.3) is 5.91 Å². The highest BCUT2D eigenvalue weighted by molar-refractivity contribution is 7.90. The van der Waals surface area contributed by atoms with Crippen LogP contribution in [0.3, 0.4) is 0 Å². The number of sulfone groups is 1. The molecular formula is C22H22N2O6S. The minimum atomic E-state index is -3.30. The summed E-state index contributed by atoms with van der Waals surface area (Å²) < 4.78 is 34.8. The number of amides is 1. The van der Waals surface area contributed by atoms with Gasteiger partial charge in [0.15, 0.2) is 9.84 Å². The molecule has 9 heteroatoms. The summed E-state index contributed by atoms with van der Waals surface area (Å²) in [6.45, 7) is 4.36. The fourth-order valence-corrected chi connectivity index (χ4v) is 3.94. The molecule has 2 aromatic carbocycles. The largest absolute Gasteiger partial charge is 0.464 e. The molecule has 0 saturated heterocycles. The van der Waals surface area contributed by atoms with E-state index in [1.165, 1.54) is 18.4 Å². The second-order valence-electron chi connectivity index (χ2n) is 7.17. The minimum absolute atomic E-state index is 0.198. The quantitative estimate of drug-likeness (QED) is 0.619. The summed E-state index contributed by atoms with van der Waals surface area (Å²) in [6.07, 6.45) is 4.11. The highest BCUT2D eigenvalue weighted by atomic mass is 32.2. The molecule has 1 aliphatic heterocycles. The van der Waals surface area contributed by atoms with Crippen molar-refractivity contribution < 1.29 is 27.2 Å². The van der Waals surface area contributed by atoms with E-state index < -0.39 is 9.84 Å². The van der Waals surface area contributed by atoms with Gasteiger partial charge in [0, 0.05) is 18.4 Å². The topological polar surface area (TPSA) is 98.1 Å². The van der Waals surface area contributed by atoms with E-state index in [1.807, 2.05) is 19.9 Å². The number of ether oxygens (including phenoxy) is 1. The summed E-state index contributed by atoms with van der Waals surface area (Å²) in [7, 11) is -3.30. The number of allylic oxidation sites excluding steroid dienone is 1. The number of carbonyl (C=O) groups is 1. The van der Waals surface area contributed by atoms with Crippen LogP contribution in [0, 0.1) is 0 Å². The number of carbonyl (C=O) groups excluding carboxylic acids is 1. The lowest BCUT2D eigenvalue weighted by Gasteiger charge is -2.22. The van der Waals surface area contributed by atoms with Crippen LogP contribution in [0.4, 0.5) is 0 Å². The smallest absolute Gasteiger partial charge is 0.253 e. The molecule has 1 aromatic heterocycles. The van der Waals surface area contributed by atoms with Crippen molar-refractivity contribution in [1.82, 2.24) is 10.4 Å².